The first-order chi connectivity index (χ1) is 17.6. The summed E-state index contributed by atoms with van der Waals surface area (Å²) < 4.78 is 75.5. The van der Waals surface area contributed by atoms with Crippen LogP contribution in [0.4, 0.5) is 8.78 Å². The van der Waals surface area contributed by atoms with Crippen molar-refractivity contribution in [2.24, 2.45) is 11.8 Å². The van der Waals surface area contributed by atoms with Crippen LogP contribution in [0.3, 0.4) is 0 Å². The normalized spacial score (nSPS) is 27.9. The van der Waals surface area contributed by atoms with E-state index in [2.05, 4.69) is 4.74 Å². The molecule has 3 heterocycles. The van der Waals surface area contributed by atoms with Crippen molar-refractivity contribution in [3.63, 3.8) is 0 Å². The Labute approximate surface area is 216 Å². The number of nitrogens with zero attached hydrogens (tertiary/aromatic N) is 1. The second-order valence-electron chi connectivity index (χ2n) is 10.5. The van der Waals surface area contributed by atoms with Gasteiger partial charge in [-0.15, -0.1) is 0 Å². The average Bonchev–Trinajstić information content (AvgIpc) is 3.44. The van der Waals surface area contributed by atoms with Crippen LogP contribution in [0, 0.1) is 18.4 Å². The third kappa shape index (κ3) is 4.35. The molecule has 2 bridgehead atoms. The number of fused-ring (bicyclic) bond motifs is 2. The summed E-state index contributed by atoms with van der Waals surface area (Å²) in [5, 5.41) is -3.31. The number of rotatable bonds is 6. The molecule has 5 rings (SSSR count). The standard InChI is InChI=1S/C25H24F2NO9S.Rf/c1-24(2,3)28-17-18-15(21(28)29)16(23(31)35-11-25(26,27)38(32,33)34)19(36-18)20(17)37-22(30)14-9-8-12-6-4-5-7-13(12)10-14;/h4-11,15-20H,1-3H3,(H,32,33,34);/q-1;/p-1. The minimum absolute atomic E-state index is 0. The Hall–Kier alpha value is -4.16. The number of benzene rings is 2. The molecule has 1 amide bonds. The summed E-state index contributed by atoms with van der Waals surface area (Å²) in [5.74, 6) is -5.28. The number of amides is 1. The van der Waals surface area contributed by atoms with Gasteiger partial charge in [0.1, 0.15) is 16.2 Å². The smallest absolute Gasteiger partial charge is 0.338 e. The third-order valence-corrected chi connectivity index (χ3v) is 7.86. The summed E-state index contributed by atoms with van der Waals surface area (Å²) in [4.78, 5) is 40.9. The fraction of sp³-hybridized carbons (Fsp3) is 0.440. The van der Waals surface area contributed by atoms with E-state index in [1.807, 2.05) is 24.3 Å². The van der Waals surface area contributed by atoms with Gasteiger partial charge in [0.2, 0.25) is 5.91 Å². The second-order valence-corrected chi connectivity index (χ2v) is 11.9. The van der Waals surface area contributed by atoms with Gasteiger partial charge in [0, 0.05) is 5.54 Å². The summed E-state index contributed by atoms with van der Waals surface area (Å²) in [6.45, 7) is 4.56. The van der Waals surface area contributed by atoms with E-state index in [1.165, 1.54) is 4.90 Å². The van der Waals surface area contributed by atoms with Gasteiger partial charge in [-0.3, -0.25) is 9.59 Å². The molecular formula is C25H23F2NO9RfS-2. The van der Waals surface area contributed by atoms with Crippen LogP contribution in [0.1, 0.15) is 31.1 Å². The molecule has 3 fully saturated rings. The number of carbonyl (C=O) groups is 3. The van der Waals surface area contributed by atoms with Crippen molar-refractivity contribution in [3.05, 3.63) is 54.6 Å². The van der Waals surface area contributed by atoms with E-state index in [-0.39, 0.29) is 5.56 Å². The molecule has 2 aromatic carbocycles. The Bertz CT molecular complexity index is 1440. The molecule has 3 aliphatic heterocycles. The Morgan fingerprint density at radius 1 is 1.08 bits per heavy atom. The SMILES string of the molecule is CC(C)(C)N1C(=O)C2C3OC(C(OC(=O)c4ccc5ccccc5c4)C31)C2C(=O)O[CH-]C(F)(F)S(=O)(=O)[O-].[Rf]. The zero-order chi connectivity index (χ0) is 27.8. The van der Waals surface area contributed by atoms with Crippen LogP contribution in [0.15, 0.2) is 42.5 Å². The Balaban J connectivity index is 0.00000353. The maximum Gasteiger partial charge on any atom is 0.338 e. The average molecular weight is 819 g/mol. The Kier molecular flexibility index (Phi) is 6.40. The van der Waals surface area contributed by atoms with Crippen LogP contribution in [-0.4, -0.2) is 70.9 Å². The van der Waals surface area contributed by atoms with Gasteiger partial charge in [-0.1, -0.05) is 36.9 Å². The van der Waals surface area contributed by atoms with Crippen molar-refractivity contribution in [3.8, 4) is 0 Å². The number of hydrogen-bond acceptors (Lipinski definition) is 9. The molecule has 0 spiro atoms. The molecule has 39 heavy (non-hydrogen) atoms. The van der Waals surface area contributed by atoms with Crippen LogP contribution < -0.4 is 0 Å². The largest absolute Gasteiger partial charge is 0.746 e. The van der Waals surface area contributed by atoms with Crippen molar-refractivity contribution >= 4 is 38.7 Å². The quantitative estimate of drug-likeness (QED) is 0.244. The maximum atomic E-state index is 13.6. The van der Waals surface area contributed by atoms with Crippen molar-refractivity contribution in [2.75, 3.05) is 0 Å². The van der Waals surface area contributed by atoms with E-state index >= 15 is 0 Å². The first-order valence-electron chi connectivity index (χ1n) is 11.7. The van der Waals surface area contributed by atoms with Crippen molar-refractivity contribution in [2.45, 2.75) is 55.9 Å². The van der Waals surface area contributed by atoms with Crippen LogP contribution in [0.25, 0.3) is 10.8 Å². The van der Waals surface area contributed by atoms with Gasteiger partial charge in [-0.2, -0.15) is 0 Å². The van der Waals surface area contributed by atoms with E-state index < -0.39 is 81.6 Å². The molecule has 6 atom stereocenters. The zero-order valence-corrected chi connectivity index (χ0v) is 28.3. The number of likely N-dealkylation sites (tertiary alicyclic amines) is 1. The van der Waals surface area contributed by atoms with Crippen molar-refractivity contribution in [1.29, 1.82) is 0 Å². The molecular weight excluding hydrogens is 795 g/mol. The Morgan fingerprint density at radius 3 is 2.33 bits per heavy atom. The summed E-state index contributed by atoms with van der Waals surface area (Å²) >= 11 is 0. The van der Waals surface area contributed by atoms with E-state index in [0.29, 0.717) is 0 Å². The summed E-state index contributed by atoms with van der Waals surface area (Å²) in [6, 6.07) is 11.5. The van der Waals surface area contributed by atoms with Crippen molar-refractivity contribution < 1.29 is 50.3 Å². The number of alkyl halides is 2. The van der Waals surface area contributed by atoms with Crippen LogP contribution >= 0.6 is 0 Å². The van der Waals surface area contributed by atoms with Crippen LogP contribution in [0.5, 0.6) is 0 Å². The molecule has 14 heteroatoms. The predicted octanol–water partition coefficient (Wildman–Crippen LogP) is 2.23. The van der Waals surface area contributed by atoms with E-state index in [1.54, 1.807) is 39.0 Å². The Morgan fingerprint density at radius 2 is 1.72 bits per heavy atom. The van der Waals surface area contributed by atoms with Gasteiger partial charge in [-0.05, 0) is 43.7 Å². The summed E-state index contributed by atoms with van der Waals surface area (Å²) in [7, 11) is -6.15. The molecule has 0 N–H and O–H groups in total. The second kappa shape index (κ2) is 8.95. The molecule has 3 saturated heterocycles. The number of halogens is 2. The number of esters is 2. The first kappa shape index (κ1) is 27.9. The zero-order valence-electron chi connectivity index (χ0n) is 21.1. The molecule has 0 saturated carbocycles. The minimum atomic E-state index is -6.15. The molecule has 10 nitrogen and oxygen atoms in total. The molecule has 206 valence electrons. The predicted molar refractivity (Wildman–Crippen MR) is 124 cm³/mol. The first-order valence-corrected chi connectivity index (χ1v) is 13.1. The monoisotopic (exact) mass is 818 g/mol. The summed E-state index contributed by atoms with van der Waals surface area (Å²) in [6.07, 6.45) is -3.28. The van der Waals surface area contributed by atoms with E-state index in [0.717, 1.165) is 10.8 Å². The molecule has 0 aliphatic carbocycles. The van der Waals surface area contributed by atoms with Gasteiger partial charge >= 0.3 is 5.97 Å². The minimum Gasteiger partial charge on any atom is -0.746 e. The van der Waals surface area contributed by atoms with Crippen LogP contribution in [0.2, 0.25) is 0 Å². The number of carbonyl (C=O) groups excluding carboxylic acids is 3. The molecule has 0 aromatic heterocycles. The molecule has 0 radical (unpaired) electrons. The number of hydrogen-bond donors (Lipinski definition) is 0. The van der Waals surface area contributed by atoms with Gasteiger partial charge < -0.3 is 23.7 Å². The van der Waals surface area contributed by atoms with E-state index in [9.17, 15) is 36.1 Å². The fourth-order valence-electron chi connectivity index (χ4n) is 5.58. The maximum absolute atomic E-state index is 13.6. The fourth-order valence-corrected chi connectivity index (χ4v) is 5.74. The van der Waals surface area contributed by atoms with Crippen molar-refractivity contribution in [1.82, 2.24) is 4.90 Å². The summed E-state index contributed by atoms with van der Waals surface area (Å²) in [5.41, 5.74) is -0.572. The van der Waals surface area contributed by atoms with Gasteiger partial charge in [-0.25, -0.2) is 22.0 Å². The number of ether oxygens (including phenoxy) is 3. The molecule has 2 aromatic rings. The molecule has 6 unspecified atom stereocenters. The molecule has 3 aliphatic rings. The van der Waals surface area contributed by atoms with Gasteiger partial charge in [0.25, 0.3) is 11.2 Å². The van der Waals surface area contributed by atoms with E-state index in [4.69, 9.17) is 9.47 Å². The third-order valence-electron chi connectivity index (χ3n) is 7.10. The van der Waals surface area contributed by atoms with Gasteiger partial charge in [0.05, 0.1) is 29.5 Å². The topological polar surface area (TPSA) is 139 Å². The van der Waals surface area contributed by atoms with Gasteiger partial charge in [0.15, 0.2) is 6.10 Å². The van der Waals surface area contributed by atoms with Crippen LogP contribution in [-0.2, 0) is 33.9 Å².